The van der Waals surface area contributed by atoms with Crippen LogP contribution in [0.5, 0.6) is 0 Å². The highest BCUT2D eigenvalue weighted by atomic mass is 79.9. The van der Waals surface area contributed by atoms with E-state index < -0.39 is 5.97 Å². The second kappa shape index (κ2) is 6.32. The molecule has 0 aliphatic heterocycles. The zero-order valence-electron chi connectivity index (χ0n) is 11.1. The van der Waals surface area contributed by atoms with Crippen LogP contribution in [-0.2, 0) is 6.54 Å². The Bertz CT molecular complexity index is 712. The number of benzene rings is 1. The summed E-state index contributed by atoms with van der Waals surface area (Å²) in [4.78, 5) is 23.5. The molecule has 0 aliphatic rings. The number of hydrogen-bond donors (Lipinski definition) is 2. The first kappa shape index (κ1) is 15.6. The lowest BCUT2D eigenvalue weighted by atomic mass is 10.1. The SMILES string of the molecule is CCn1cc(Br)cc1C(=O)Nc1ccc(Cl)cc1C(=O)O. The van der Waals surface area contributed by atoms with Crippen LogP contribution in [0.25, 0.3) is 0 Å². The number of nitrogens with zero attached hydrogens (tertiary/aromatic N) is 1. The van der Waals surface area contributed by atoms with Crippen molar-refractivity contribution in [2.75, 3.05) is 5.32 Å². The fourth-order valence-corrected chi connectivity index (χ4v) is 2.55. The maximum atomic E-state index is 12.3. The van der Waals surface area contributed by atoms with Crippen LogP contribution in [0, 0.1) is 0 Å². The number of aryl methyl sites for hydroxylation is 1. The van der Waals surface area contributed by atoms with Gasteiger partial charge in [0.2, 0.25) is 0 Å². The van der Waals surface area contributed by atoms with Gasteiger partial charge >= 0.3 is 5.97 Å². The van der Waals surface area contributed by atoms with Crippen LogP contribution in [0.2, 0.25) is 5.02 Å². The van der Waals surface area contributed by atoms with E-state index >= 15 is 0 Å². The number of halogens is 2. The minimum atomic E-state index is -1.15. The normalized spacial score (nSPS) is 10.4. The Hall–Kier alpha value is -1.79. The Morgan fingerprint density at radius 2 is 2.10 bits per heavy atom. The largest absolute Gasteiger partial charge is 0.478 e. The average molecular weight is 372 g/mol. The number of aromatic carboxylic acids is 1. The number of carboxylic acids is 1. The van der Waals surface area contributed by atoms with E-state index in [-0.39, 0.29) is 17.2 Å². The smallest absolute Gasteiger partial charge is 0.337 e. The fraction of sp³-hybridized carbons (Fsp3) is 0.143. The molecule has 0 bridgehead atoms. The highest BCUT2D eigenvalue weighted by molar-refractivity contribution is 9.10. The topological polar surface area (TPSA) is 71.3 Å². The van der Waals surface area contributed by atoms with Gasteiger partial charge in [0.1, 0.15) is 5.69 Å². The van der Waals surface area contributed by atoms with Gasteiger partial charge in [-0.15, -0.1) is 0 Å². The van der Waals surface area contributed by atoms with Crippen molar-refractivity contribution in [1.29, 1.82) is 0 Å². The summed E-state index contributed by atoms with van der Waals surface area (Å²) in [6, 6.07) is 5.97. The monoisotopic (exact) mass is 370 g/mol. The molecule has 2 N–H and O–H groups in total. The predicted octanol–water partition coefficient (Wildman–Crippen LogP) is 3.87. The van der Waals surface area contributed by atoms with Gasteiger partial charge in [0.05, 0.1) is 11.3 Å². The number of hydrogen-bond acceptors (Lipinski definition) is 2. The van der Waals surface area contributed by atoms with Gasteiger partial charge in [-0.25, -0.2) is 4.79 Å². The Morgan fingerprint density at radius 3 is 2.71 bits per heavy atom. The van der Waals surface area contributed by atoms with Gasteiger partial charge in [-0.2, -0.15) is 0 Å². The summed E-state index contributed by atoms with van der Waals surface area (Å²) >= 11 is 9.09. The molecular weight excluding hydrogens is 360 g/mol. The Kier molecular flexibility index (Phi) is 4.69. The molecule has 2 aromatic rings. The highest BCUT2D eigenvalue weighted by Crippen LogP contribution is 2.22. The first-order valence-electron chi connectivity index (χ1n) is 6.12. The fourth-order valence-electron chi connectivity index (χ4n) is 1.92. The molecule has 5 nitrogen and oxygen atoms in total. The molecule has 0 fully saturated rings. The van der Waals surface area contributed by atoms with Crippen molar-refractivity contribution in [3.8, 4) is 0 Å². The summed E-state index contributed by atoms with van der Waals surface area (Å²) in [6.45, 7) is 2.54. The molecule has 0 saturated carbocycles. The van der Waals surface area contributed by atoms with Crippen molar-refractivity contribution < 1.29 is 14.7 Å². The second-order valence-electron chi connectivity index (χ2n) is 4.28. The molecule has 0 spiro atoms. The molecule has 21 heavy (non-hydrogen) atoms. The number of rotatable bonds is 4. The van der Waals surface area contributed by atoms with E-state index in [9.17, 15) is 9.59 Å². The van der Waals surface area contributed by atoms with Gasteiger partial charge in [0.25, 0.3) is 5.91 Å². The minimum Gasteiger partial charge on any atom is -0.478 e. The maximum absolute atomic E-state index is 12.3. The molecule has 0 aliphatic carbocycles. The molecule has 2 rings (SSSR count). The van der Waals surface area contributed by atoms with E-state index in [0.29, 0.717) is 17.3 Å². The number of nitrogens with one attached hydrogen (secondary N) is 1. The van der Waals surface area contributed by atoms with Crippen molar-refractivity contribution in [2.45, 2.75) is 13.5 Å². The molecule has 0 atom stereocenters. The number of anilines is 1. The molecule has 110 valence electrons. The van der Waals surface area contributed by atoms with Crippen LogP contribution in [0.4, 0.5) is 5.69 Å². The Balaban J connectivity index is 2.33. The van der Waals surface area contributed by atoms with E-state index in [0.717, 1.165) is 4.47 Å². The third kappa shape index (κ3) is 3.46. The van der Waals surface area contributed by atoms with Gasteiger partial charge < -0.3 is 15.0 Å². The predicted molar refractivity (Wildman–Crippen MR) is 84.2 cm³/mol. The molecule has 0 saturated heterocycles. The third-order valence-electron chi connectivity index (χ3n) is 2.90. The molecule has 1 aromatic heterocycles. The van der Waals surface area contributed by atoms with Crippen LogP contribution in [0.3, 0.4) is 0 Å². The van der Waals surface area contributed by atoms with Crippen LogP contribution in [0.15, 0.2) is 34.9 Å². The van der Waals surface area contributed by atoms with Crippen molar-refractivity contribution in [2.24, 2.45) is 0 Å². The number of carbonyl (C=O) groups is 2. The van der Waals surface area contributed by atoms with E-state index in [1.54, 1.807) is 16.8 Å². The first-order valence-corrected chi connectivity index (χ1v) is 7.29. The van der Waals surface area contributed by atoms with Gasteiger partial charge in [0.15, 0.2) is 0 Å². The summed E-state index contributed by atoms with van der Waals surface area (Å²) in [5.41, 5.74) is 0.594. The Labute approximate surface area is 134 Å². The molecule has 0 unspecified atom stereocenters. The summed E-state index contributed by atoms with van der Waals surface area (Å²) in [5.74, 6) is -1.53. The van der Waals surface area contributed by atoms with Crippen LogP contribution < -0.4 is 5.32 Å². The molecular formula is C14H12BrClN2O3. The lowest BCUT2D eigenvalue weighted by Gasteiger charge is -2.10. The third-order valence-corrected chi connectivity index (χ3v) is 3.57. The molecule has 0 radical (unpaired) electrons. The number of carboxylic acid groups (broad SMARTS) is 1. The van der Waals surface area contributed by atoms with Crippen LogP contribution in [-0.4, -0.2) is 21.6 Å². The molecule has 7 heteroatoms. The van der Waals surface area contributed by atoms with Gasteiger partial charge in [-0.05, 0) is 47.1 Å². The van der Waals surface area contributed by atoms with E-state index in [1.807, 2.05) is 6.92 Å². The first-order chi connectivity index (χ1) is 9.92. The average Bonchev–Trinajstić information content (AvgIpc) is 2.81. The van der Waals surface area contributed by atoms with E-state index in [1.165, 1.54) is 18.2 Å². The maximum Gasteiger partial charge on any atom is 0.337 e. The summed E-state index contributed by atoms with van der Waals surface area (Å²) in [7, 11) is 0. The number of carbonyl (C=O) groups excluding carboxylic acids is 1. The zero-order chi connectivity index (χ0) is 15.6. The summed E-state index contributed by atoms with van der Waals surface area (Å²) < 4.78 is 2.54. The molecule has 1 heterocycles. The van der Waals surface area contributed by atoms with Crippen LogP contribution >= 0.6 is 27.5 Å². The number of amides is 1. The summed E-state index contributed by atoms with van der Waals surface area (Å²) in [5, 5.41) is 12.1. The van der Waals surface area contributed by atoms with E-state index in [4.69, 9.17) is 16.7 Å². The highest BCUT2D eigenvalue weighted by Gasteiger charge is 2.17. The van der Waals surface area contributed by atoms with E-state index in [2.05, 4.69) is 21.2 Å². The van der Waals surface area contributed by atoms with Gasteiger partial charge in [-0.1, -0.05) is 11.6 Å². The van der Waals surface area contributed by atoms with Crippen molar-refractivity contribution >= 4 is 45.1 Å². The summed E-state index contributed by atoms with van der Waals surface area (Å²) in [6.07, 6.45) is 1.79. The second-order valence-corrected chi connectivity index (χ2v) is 5.63. The number of aromatic nitrogens is 1. The zero-order valence-corrected chi connectivity index (χ0v) is 13.4. The molecule has 1 aromatic carbocycles. The van der Waals surface area contributed by atoms with Crippen molar-refractivity contribution in [3.05, 3.63) is 51.2 Å². The lowest BCUT2D eigenvalue weighted by molar-refractivity contribution is 0.0698. The van der Waals surface area contributed by atoms with Crippen molar-refractivity contribution in [1.82, 2.24) is 4.57 Å². The standard InChI is InChI=1S/C14H12BrClN2O3/c1-2-18-7-8(15)5-12(18)13(19)17-11-4-3-9(16)6-10(11)14(20)21/h3-7H,2H2,1H3,(H,17,19)(H,20,21). The Morgan fingerprint density at radius 1 is 1.38 bits per heavy atom. The quantitative estimate of drug-likeness (QED) is 0.857. The van der Waals surface area contributed by atoms with Crippen LogP contribution in [0.1, 0.15) is 27.8 Å². The lowest BCUT2D eigenvalue weighted by Crippen LogP contribution is -2.18. The van der Waals surface area contributed by atoms with Crippen molar-refractivity contribution in [3.63, 3.8) is 0 Å². The van der Waals surface area contributed by atoms with Gasteiger partial charge in [0, 0.05) is 22.2 Å². The van der Waals surface area contributed by atoms with Gasteiger partial charge in [-0.3, -0.25) is 4.79 Å². The molecule has 1 amide bonds. The minimum absolute atomic E-state index is 0.0514.